The third-order valence-electron chi connectivity index (χ3n) is 3.18. The average Bonchev–Trinajstić information content (AvgIpc) is 2.37. The standard InChI is InChI=1S/C15H27N3/c1-6-11(4)14(9-13(7-2)10-16)15(12(5)17)18-8-3/h8,10-11H,5-7,9,16-17H2,1-4H3/b13-10-,15-14-,18-8-. The van der Waals surface area contributed by atoms with Crippen LogP contribution < -0.4 is 11.5 Å². The van der Waals surface area contributed by atoms with E-state index in [0.29, 0.717) is 11.6 Å². The van der Waals surface area contributed by atoms with Gasteiger partial charge in [-0.1, -0.05) is 32.9 Å². The highest BCUT2D eigenvalue weighted by Crippen LogP contribution is 2.28. The van der Waals surface area contributed by atoms with Crippen LogP contribution >= 0.6 is 0 Å². The van der Waals surface area contributed by atoms with Crippen molar-refractivity contribution < 1.29 is 0 Å². The highest BCUT2D eigenvalue weighted by Gasteiger charge is 2.15. The molecule has 3 nitrogen and oxygen atoms in total. The van der Waals surface area contributed by atoms with Crippen LogP contribution in [0.4, 0.5) is 0 Å². The summed E-state index contributed by atoms with van der Waals surface area (Å²) in [5, 5.41) is 0. The molecular formula is C15H27N3. The van der Waals surface area contributed by atoms with Crippen LogP contribution in [0.25, 0.3) is 0 Å². The number of hydrogen-bond donors (Lipinski definition) is 2. The zero-order valence-electron chi connectivity index (χ0n) is 12.2. The van der Waals surface area contributed by atoms with Crippen LogP contribution in [0.2, 0.25) is 0 Å². The Kier molecular flexibility index (Phi) is 7.84. The molecule has 0 spiro atoms. The Hall–Kier alpha value is -1.51. The van der Waals surface area contributed by atoms with Crippen molar-refractivity contribution in [1.29, 1.82) is 0 Å². The average molecular weight is 249 g/mol. The van der Waals surface area contributed by atoms with Crippen molar-refractivity contribution in [1.82, 2.24) is 0 Å². The predicted molar refractivity (Wildman–Crippen MR) is 81.2 cm³/mol. The Labute approximate surface area is 111 Å². The lowest BCUT2D eigenvalue weighted by molar-refractivity contribution is 0.626. The lowest BCUT2D eigenvalue weighted by Gasteiger charge is -2.19. The Balaban J connectivity index is 5.56. The zero-order valence-corrected chi connectivity index (χ0v) is 12.2. The summed E-state index contributed by atoms with van der Waals surface area (Å²) in [6, 6.07) is 0. The third-order valence-corrected chi connectivity index (χ3v) is 3.18. The van der Waals surface area contributed by atoms with E-state index in [2.05, 4.69) is 32.3 Å². The van der Waals surface area contributed by atoms with Crippen molar-refractivity contribution in [2.24, 2.45) is 22.4 Å². The van der Waals surface area contributed by atoms with E-state index in [4.69, 9.17) is 11.5 Å². The quantitative estimate of drug-likeness (QED) is 0.536. The molecule has 102 valence electrons. The maximum atomic E-state index is 5.86. The van der Waals surface area contributed by atoms with Gasteiger partial charge in [-0.15, -0.1) is 0 Å². The molecule has 0 aromatic heterocycles. The topological polar surface area (TPSA) is 64.4 Å². The van der Waals surface area contributed by atoms with Gasteiger partial charge in [0.25, 0.3) is 0 Å². The minimum atomic E-state index is 0.422. The number of nitrogens with two attached hydrogens (primary N) is 2. The molecule has 0 radical (unpaired) electrons. The van der Waals surface area contributed by atoms with E-state index in [0.717, 1.165) is 25.0 Å². The summed E-state index contributed by atoms with van der Waals surface area (Å²) in [7, 11) is 0. The molecule has 0 saturated heterocycles. The van der Waals surface area contributed by atoms with E-state index in [9.17, 15) is 0 Å². The molecule has 1 atom stereocenters. The van der Waals surface area contributed by atoms with Gasteiger partial charge < -0.3 is 11.5 Å². The van der Waals surface area contributed by atoms with Gasteiger partial charge in [-0.3, -0.25) is 4.99 Å². The van der Waals surface area contributed by atoms with Crippen LogP contribution in [0, 0.1) is 5.92 Å². The van der Waals surface area contributed by atoms with Gasteiger partial charge in [0, 0.05) is 6.21 Å². The van der Waals surface area contributed by atoms with Crippen LogP contribution in [0.3, 0.4) is 0 Å². The van der Waals surface area contributed by atoms with Crippen LogP contribution in [0.15, 0.2) is 40.3 Å². The largest absolute Gasteiger partial charge is 0.405 e. The maximum absolute atomic E-state index is 5.86. The fraction of sp³-hybridized carbons (Fsp3) is 0.533. The fourth-order valence-electron chi connectivity index (χ4n) is 1.79. The molecule has 0 aliphatic rings. The number of hydrogen-bond acceptors (Lipinski definition) is 3. The molecule has 18 heavy (non-hydrogen) atoms. The number of rotatable bonds is 7. The molecule has 0 amide bonds. The third kappa shape index (κ3) is 4.78. The van der Waals surface area contributed by atoms with E-state index >= 15 is 0 Å². The van der Waals surface area contributed by atoms with Gasteiger partial charge in [0.2, 0.25) is 0 Å². The monoisotopic (exact) mass is 249 g/mol. The first-order chi connectivity index (χ1) is 8.51. The molecule has 0 fully saturated rings. The second-order valence-electron chi connectivity index (χ2n) is 4.45. The molecule has 1 unspecified atom stereocenters. The summed E-state index contributed by atoms with van der Waals surface area (Å²) in [6.45, 7) is 12.2. The van der Waals surface area contributed by atoms with Gasteiger partial charge in [0.15, 0.2) is 0 Å². The lowest BCUT2D eigenvalue weighted by atomic mass is 9.89. The first-order valence-electron chi connectivity index (χ1n) is 6.57. The Bertz CT molecular complexity index is 362. The predicted octanol–water partition coefficient (Wildman–Crippen LogP) is 3.49. The van der Waals surface area contributed by atoms with Crippen LogP contribution in [-0.2, 0) is 0 Å². The molecule has 0 heterocycles. The molecule has 0 aromatic rings. The van der Waals surface area contributed by atoms with Crippen molar-refractivity contribution in [2.75, 3.05) is 0 Å². The normalized spacial score (nSPS) is 15.7. The van der Waals surface area contributed by atoms with Crippen LogP contribution in [0.5, 0.6) is 0 Å². The molecule has 0 aromatic carbocycles. The van der Waals surface area contributed by atoms with Gasteiger partial charge in [0.1, 0.15) is 0 Å². The minimum Gasteiger partial charge on any atom is -0.405 e. The van der Waals surface area contributed by atoms with Crippen LogP contribution in [-0.4, -0.2) is 6.21 Å². The summed E-state index contributed by atoms with van der Waals surface area (Å²) in [5.74, 6) is 0.422. The molecular weight excluding hydrogens is 222 g/mol. The molecule has 0 saturated carbocycles. The van der Waals surface area contributed by atoms with Crippen molar-refractivity contribution >= 4 is 6.21 Å². The van der Waals surface area contributed by atoms with E-state index < -0.39 is 0 Å². The fourth-order valence-corrected chi connectivity index (χ4v) is 1.79. The Morgan fingerprint density at radius 1 is 1.39 bits per heavy atom. The summed E-state index contributed by atoms with van der Waals surface area (Å²) < 4.78 is 0. The highest BCUT2D eigenvalue weighted by molar-refractivity contribution is 5.57. The van der Waals surface area contributed by atoms with E-state index in [1.165, 1.54) is 11.1 Å². The number of aliphatic imine (C=N–C) groups is 1. The summed E-state index contributed by atoms with van der Waals surface area (Å²) >= 11 is 0. The molecule has 0 rings (SSSR count). The van der Waals surface area contributed by atoms with Crippen molar-refractivity contribution in [3.63, 3.8) is 0 Å². The SMILES string of the molecule is C=C(N)C(/N=C\C)=C(\C/C(=C\N)CC)C(C)CC. The molecule has 0 bridgehead atoms. The second kappa shape index (κ2) is 8.56. The van der Waals surface area contributed by atoms with Gasteiger partial charge in [0.05, 0.1) is 11.4 Å². The molecule has 3 heteroatoms. The van der Waals surface area contributed by atoms with E-state index in [1.54, 1.807) is 12.4 Å². The minimum absolute atomic E-state index is 0.422. The summed E-state index contributed by atoms with van der Waals surface area (Å²) in [4.78, 5) is 4.38. The van der Waals surface area contributed by atoms with Crippen molar-refractivity contribution in [3.05, 3.63) is 35.3 Å². The first-order valence-corrected chi connectivity index (χ1v) is 6.57. The van der Waals surface area contributed by atoms with Gasteiger partial charge in [-0.25, -0.2) is 0 Å². The molecule has 4 N–H and O–H groups in total. The molecule has 0 aliphatic carbocycles. The van der Waals surface area contributed by atoms with Gasteiger partial charge in [-0.05, 0) is 43.9 Å². The van der Waals surface area contributed by atoms with Gasteiger partial charge in [-0.2, -0.15) is 0 Å². The van der Waals surface area contributed by atoms with Crippen LogP contribution in [0.1, 0.15) is 47.0 Å². The number of nitrogens with zero attached hydrogens (tertiary/aromatic N) is 1. The number of allylic oxidation sites excluding steroid dienone is 2. The highest BCUT2D eigenvalue weighted by atomic mass is 14.8. The van der Waals surface area contributed by atoms with E-state index in [1.807, 2.05) is 6.92 Å². The molecule has 0 aliphatic heterocycles. The Morgan fingerprint density at radius 2 is 2.00 bits per heavy atom. The summed E-state index contributed by atoms with van der Waals surface area (Å²) in [5.41, 5.74) is 15.3. The maximum Gasteiger partial charge on any atom is 0.0846 e. The first kappa shape index (κ1) is 16.5. The van der Waals surface area contributed by atoms with Crippen molar-refractivity contribution in [2.45, 2.75) is 47.0 Å². The van der Waals surface area contributed by atoms with E-state index in [-0.39, 0.29) is 0 Å². The second-order valence-corrected chi connectivity index (χ2v) is 4.45. The lowest BCUT2D eigenvalue weighted by Crippen LogP contribution is -2.09. The smallest absolute Gasteiger partial charge is 0.0846 e. The van der Waals surface area contributed by atoms with Gasteiger partial charge >= 0.3 is 0 Å². The summed E-state index contributed by atoms with van der Waals surface area (Å²) in [6.07, 6.45) is 6.26. The Morgan fingerprint density at radius 3 is 2.33 bits per heavy atom. The van der Waals surface area contributed by atoms with Crippen molar-refractivity contribution in [3.8, 4) is 0 Å². The zero-order chi connectivity index (χ0) is 14.1.